The fourth-order valence-corrected chi connectivity index (χ4v) is 13.5. The van der Waals surface area contributed by atoms with E-state index in [2.05, 4.69) is 55.4 Å². The van der Waals surface area contributed by atoms with Crippen molar-refractivity contribution in [3.63, 3.8) is 0 Å². The number of hydrogen-bond acceptors (Lipinski definition) is 15. The minimum atomic E-state index is -4.96. The van der Waals surface area contributed by atoms with Crippen LogP contribution in [0.15, 0.2) is 0 Å². The minimum absolute atomic E-state index is 0.106. The molecule has 17 nitrogen and oxygen atoms in total. The molecule has 0 spiro atoms. The summed E-state index contributed by atoms with van der Waals surface area (Å²) in [4.78, 5) is 72.9. The third-order valence-corrected chi connectivity index (χ3v) is 20.3. The van der Waals surface area contributed by atoms with Crippen molar-refractivity contribution >= 4 is 39.5 Å². The Labute approximate surface area is 594 Å². The molecule has 0 aromatic carbocycles. The summed E-state index contributed by atoms with van der Waals surface area (Å²) in [6, 6.07) is 0. The molecule has 4 unspecified atom stereocenters. The largest absolute Gasteiger partial charge is 0.472 e. The first kappa shape index (κ1) is 95.1. The second-order valence-corrected chi connectivity index (χ2v) is 32.7. The van der Waals surface area contributed by atoms with Gasteiger partial charge in [-0.1, -0.05) is 344 Å². The molecule has 0 aromatic rings. The Hall–Kier alpha value is -1.94. The van der Waals surface area contributed by atoms with Crippen LogP contribution >= 0.6 is 15.6 Å². The first-order valence-corrected chi connectivity index (χ1v) is 43.2. The smallest absolute Gasteiger partial charge is 0.462 e. The first-order chi connectivity index (χ1) is 46.6. The molecule has 0 rings (SSSR count). The Kier molecular flexibility index (Phi) is 65.9. The molecule has 19 heteroatoms. The summed E-state index contributed by atoms with van der Waals surface area (Å²) in [6.07, 6.45) is 52.6. The number of phosphoric acid groups is 2. The lowest BCUT2D eigenvalue weighted by Crippen LogP contribution is -2.30. The second kappa shape index (κ2) is 67.2. The fourth-order valence-electron chi connectivity index (χ4n) is 11.9. The number of carbonyl (C=O) groups is 4. The maximum atomic E-state index is 13.1. The quantitative estimate of drug-likeness (QED) is 0.0222. The zero-order chi connectivity index (χ0) is 71.7. The highest BCUT2D eigenvalue weighted by atomic mass is 31.2. The number of hydrogen-bond donors (Lipinski definition) is 3. The van der Waals surface area contributed by atoms with Gasteiger partial charge in [-0.25, -0.2) is 9.13 Å². The maximum absolute atomic E-state index is 13.1. The molecule has 0 saturated carbocycles. The van der Waals surface area contributed by atoms with Gasteiger partial charge in [0.2, 0.25) is 0 Å². The van der Waals surface area contributed by atoms with Crippen molar-refractivity contribution in [2.24, 2.45) is 23.7 Å². The molecule has 0 heterocycles. The van der Waals surface area contributed by atoms with Gasteiger partial charge in [0.25, 0.3) is 0 Å². The number of aliphatic hydroxyl groups is 1. The number of rotatable bonds is 75. The summed E-state index contributed by atoms with van der Waals surface area (Å²) < 4.78 is 68.6. The summed E-state index contributed by atoms with van der Waals surface area (Å²) >= 11 is 0. The number of esters is 4. The lowest BCUT2D eigenvalue weighted by molar-refractivity contribution is -0.161. The number of phosphoric ester groups is 2. The van der Waals surface area contributed by atoms with Crippen LogP contribution in [0.3, 0.4) is 0 Å². The van der Waals surface area contributed by atoms with Crippen molar-refractivity contribution in [3.8, 4) is 0 Å². The van der Waals surface area contributed by atoms with Crippen LogP contribution in [0, 0.1) is 23.7 Å². The van der Waals surface area contributed by atoms with E-state index >= 15 is 0 Å². The van der Waals surface area contributed by atoms with Gasteiger partial charge >= 0.3 is 39.5 Å². The second-order valence-electron chi connectivity index (χ2n) is 29.8. The predicted octanol–water partition coefficient (Wildman–Crippen LogP) is 22.8. The van der Waals surface area contributed by atoms with Gasteiger partial charge in [-0.05, 0) is 49.4 Å². The Morgan fingerprint density at radius 3 is 0.732 bits per heavy atom. The molecule has 0 radical (unpaired) electrons. The van der Waals surface area contributed by atoms with Crippen LogP contribution in [0.4, 0.5) is 0 Å². The first-order valence-electron chi connectivity index (χ1n) is 40.2. The van der Waals surface area contributed by atoms with E-state index in [1.54, 1.807) is 0 Å². The standard InChI is InChI=1S/C78H152O17P2/c1-9-71(8)57-49-41-33-24-18-12-10-11-13-19-26-36-44-52-60-77(82)94-73(64-88-75(80)58-50-42-34-25-20-14-16-22-30-38-46-54-68(2)3)66-92-96(84,85)90-62-72(79)63-91-97(86,87)93-67-74(65-89-76(81)59-51-43-35-29-28-32-40-48-56-70(6)7)95-78(83)61-53-45-37-27-21-15-17-23-31-39-47-55-69(4)5/h68-74,79H,9-67H2,1-8H3,(H,84,85)(H,86,87)/t71?,72?,73-,74-/m1/s1. The molecule has 6 atom stereocenters. The maximum Gasteiger partial charge on any atom is 0.472 e. The van der Waals surface area contributed by atoms with Gasteiger partial charge in [0.15, 0.2) is 12.2 Å². The fraction of sp³-hybridized carbons (Fsp3) is 0.949. The van der Waals surface area contributed by atoms with Crippen LogP contribution in [0.5, 0.6) is 0 Å². The zero-order valence-corrected chi connectivity index (χ0v) is 65.5. The van der Waals surface area contributed by atoms with Crippen molar-refractivity contribution in [2.45, 2.75) is 414 Å². The third-order valence-electron chi connectivity index (χ3n) is 18.4. The third kappa shape index (κ3) is 70.9. The highest BCUT2D eigenvalue weighted by molar-refractivity contribution is 7.47. The minimum Gasteiger partial charge on any atom is -0.462 e. The topological polar surface area (TPSA) is 237 Å². The van der Waals surface area contributed by atoms with E-state index in [1.807, 2.05) is 0 Å². The molecule has 3 N–H and O–H groups in total. The predicted molar refractivity (Wildman–Crippen MR) is 395 cm³/mol. The summed E-state index contributed by atoms with van der Waals surface area (Å²) in [5.74, 6) is 0.991. The van der Waals surface area contributed by atoms with E-state index in [0.29, 0.717) is 25.7 Å². The SMILES string of the molecule is CCC(C)CCCCCCCCCCCCCCCCC(=O)O[C@H](COC(=O)CCCCCCCCCCCCCC(C)C)COP(=O)(O)OCC(O)COP(=O)(O)OC[C@@H](COC(=O)CCCCCCCCCCC(C)C)OC(=O)CCCCCCCCCCCCCC(C)C. The lowest BCUT2D eigenvalue weighted by Gasteiger charge is -2.21. The van der Waals surface area contributed by atoms with Gasteiger partial charge in [0, 0.05) is 25.7 Å². The van der Waals surface area contributed by atoms with Crippen LogP contribution in [0.25, 0.3) is 0 Å². The average molecular weight is 1420 g/mol. The van der Waals surface area contributed by atoms with Crippen molar-refractivity contribution in [1.29, 1.82) is 0 Å². The van der Waals surface area contributed by atoms with Gasteiger partial charge in [0.05, 0.1) is 26.4 Å². The molecule has 0 amide bonds. The Bertz CT molecular complexity index is 1900. The van der Waals surface area contributed by atoms with E-state index in [1.165, 1.54) is 199 Å². The number of aliphatic hydroxyl groups excluding tert-OH is 1. The van der Waals surface area contributed by atoms with Gasteiger partial charge < -0.3 is 33.8 Å². The van der Waals surface area contributed by atoms with Gasteiger partial charge in [0.1, 0.15) is 19.3 Å². The molecule has 0 aliphatic carbocycles. The summed E-state index contributed by atoms with van der Waals surface area (Å²) in [5.41, 5.74) is 0. The Morgan fingerprint density at radius 2 is 0.495 bits per heavy atom. The van der Waals surface area contributed by atoms with Crippen molar-refractivity contribution in [1.82, 2.24) is 0 Å². The highest BCUT2D eigenvalue weighted by Crippen LogP contribution is 2.45. The molecule has 576 valence electrons. The molecule has 97 heavy (non-hydrogen) atoms. The van der Waals surface area contributed by atoms with Crippen LogP contribution < -0.4 is 0 Å². The van der Waals surface area contributed by atoms with E-state index < -0.39 is 97.5 Å². The van der Waals surface area contributed by atoms with Crippen LogP contribution in [0.2, 0.25) is 0 Å². The monoisotopic (exact) mass is 1420 g/mol. The Balaban J connectivity index is 5.26. The molecule has 0 aliphatic rings. The Morgan fingerprint density at radius 1 is 0.289 bits per heavy atom. The summed E-state index contributed by atoms with van der Waals surface area (Å²) in [6.45, 7) is 14.2. The van der Waals surface area contributed by atoms with E-state index in [4.69, 9.17) is 37.0 Å². The average Bonchev–Trinajstić information content (AvgIpc) is 1.25. The van der Waals surface area contributed by atoms with E-state index in [0.717, 1.165) is 114 Å². The molecular formula is C78H152O17P2. The molecule has 0 bridgehead atoms. The normalized spacial score (nSPS) is 14.4. The van der Waals surface area contributed by atoms with Crippen LogP contribution in [0.1, 0.15) is 396 Å². The summed E-state index contributed by atoms with van der Waals surface area (Å²) in [5, 5.41) is 10.6. The van der Waals surface area contributed by atoms with Crippen molar-refractivity contribution in [2.75, 3.05) is 39.6 Å². The van der Waals surface area contributed by atoms with Gasteiger partial charge in [-0.15, -0.1) is 0 Å². The highest BCUT2D eigenvalue weighted by Gasteiger charge is 2.30. The van der Waals surface area contributed by atoms with Crippen molar-refractivity contribution in [3.05, 3.63) is 0 Å². The van der Waals surface area contributed by atoms with E-state index in [-0.39, 0.29) is 25.7 Å². The molecule has 0 fully saturated rings. The zero-order valence-electron chi connectivity index (χ0n) is 63.7. The molecule has 0 aliphatic heterocycles. The lowest BCUT2D eigenvalue weighted by atomic mass is 9.99. The van der Waals surface area contributed by atoms with Gasteiger partial charge in [-0.2, -0.15) is 0 Å². The molecule has 0 aromatic heterocycles. The van der Waals surface area contributed by atoms with Crippen LogP contribution in [-0.4, -0.2) is 96.7 Å². The number of carbonyl (C=O) groups excluding carboxylic acids is 4. The summed E-state index contributed by atoms with van der Waals surface area (Å²) in [7, 11) is -9.92. The molecule has 0 saturated heterocycles. The number of unbranched alkanes of at least 4 members (excludes halogenated alkanes) is 40. The van der Waals surface area contributed by atoms with Crippen LogP contribution in [-0.2, 0) is 65.4 Å². The molecular weight excluding hydrogens is 1270 g/mol. The van der Waals surface area contributed by atoms with Crippen molar-refractivity contribution < 1.29 is 80.2 Å². The van der Waals surface area contributed by atoms with Gasteiger partial charge in [-0.3, -0.25) is 37.3 Å². The van der Waals surface area contributed by atoms with E-state index in [9.17, 15) is 43.2 Å². The number of ether oxygens (including phenoxy) is 4.